The number of para-hydroxylation sites is 1. The molecule has 2 aromatic rings. The number of benzene rings is 2. The molecule has 25 heavy (non-hydrogen) atoms. The summed E-state index contributed by atoms with van der Waals surface area (Å²) >= 11 is 3.37. The lowest BCUT2D eigenvalue weighted by Gasteiger charge is -2.15. The van der Waals surface area contributed by atoms with Crippen molar-refractivity contribution in [1.82, 2.24) is 5.32 Å². The molecule has 0 aromatic heterocycles. The van der Waals surface area contributed by atoms with Crippen LogP contribution in [0, 0.1) is 0 Å². The molecule has 1 N–H and O–H groups in total. The maximum atomic E-state index is 12.2. The highest BCUT2D eigenvalue weighted by molar-refractivity contribution is 9.10. The average molecular weight is 406 g/mol. The topological polar surface area (TPSA) is 64.6 Å². The Morgan fingerprint density at radius 1 is 1.12 bits per heavy atom. The Labute approximate surface area is 155 Å². The van der Waals surface area contributed by atoms with E-state index in [9.17, 15) is 9.59 Å². The normalized spacial score (nSPS) is 11.5. The number of ether oxygens (including phenoxy) is 2. The Balaban J connectivity index is 1.89. The fourth-order valence-electron chi connectivity index (χ4n) is 2.24. The van der Waals surface area contributed by atoms with Gasteiger partial charge in [-0.15, -0.1) is 0 Å². The molecule has 132 valence electrons. The number of nitrogens with one attached hydrogen (secondary N) is 1. The van der Waals surface area contributed by atoms with Gasteiger partial charge in [0.1, 0.15) is 11.3 Å². The molecular formula is C19H20BrNO4. The van der Waals surface area contributed by atoms with Gasteiger partial charge in [0.15, 0.2) is 6.61 Å². The minimum Gasteiger partial charge on any atom is -0.493 e. The van der Waals surface area contributed by atoms with E-state index in [0.29, 0.717) is 17.9 Å². The van der Waals surface area contributed by atoms with E-state index in [1.54, 1.807) is 24.3 Å². The van der Waals surface area contributed by atoms with Gasteiger partial charge >= 0.3 is 5.97 Å². The minimum atomic E-state index is -0.588. The summed E-state index contributed by atoms with van der Waals surface area (Å²) in [6.07, 6.45) is 0. The number of esters is 1. The number of hydrogen-bond acceptors (Lipinski definition) is 4. The number of rotatable bonds is 7. The number of carbonyl (C=O) groups excluding carboxylic acids is 2. The molecule has 0 spiro atoms. The van der Waals surface area contributed by atoms with Crippen LogP contribution in [0.4, 0.5) is 0 Å². The molecule has 0 aliphatic rings. The van der Waals surface area contributed by atoms with Crippen molar-refractivity contribution >= 4 is 27.8 Å². The fourth-order valence-corrected chi connectivity index (χ4v) is 2.51. The maximum Gasteiger partial charge on any atom is 0.342 e. The Hall–Kier alpha value is -2.34. The summed E-state index contributed by atoms with van der Waals surface area (Å²) in [6, 6.07) is 14.2. The predicted octanol–water partition coefficient (Wildman–Crippen LogP) is 3.88. The summed E-state index contributed by atoms with van der Waals surface area (Å²) in [6.45, 7) is 3.79. The van der Waals surface area contributed by atoms with Crippen LogP contribution >= 0.6 is 15.9 Å². The van der Waals surface area contributed by atoms with Gasteiger partial charge in [0.25, 0.3) is 5.91 Å². The van der Waals surface area contributed by atoms with E-state index >= 15 is 0 Å². The highest BCUT2D eigenvalue weighted by atomic mass is 79.9. The molecule has 0 bridgehead atoms. The van der Waals surface area contributed by atoms with Crippen molar-refractivity contribution in [3.05, 3.63) is 64.1 Å². The fraction of sp³-hybridized carbons (Fsp3) is 0.263. The summed E-state index contributed by atoms with van der Waals surface area (Å²) in [7, 11) is 0. The lowest BCUT2D eigenvalue weighted by molar-refractivity contribution is -0.124. The average Bonchev–Trinajstić information content (AvgIpc) is 2.61. The monoisotopic (exact) mass is 405 g/mol. The molecule has 0 unspecified atom stereocenters. The summed E-state index contributed by atoms with van der Waals surface area (Å²) in [4.78, 5) is 24.2. The Morgan fingerprint density at radius 2 is 1.80 bits per heavy atom. The SMILES string of the molecule is CCOc1ccccc1C(=O)OCC(=O)N[C@H](C)c1ccc(Br)cc1. The first-order valence-electron chi connectivity index (χ1n) is 7.95. The van der Waals surface area contributed by atoms with Crippen LogP contribution in [0.15, 0.2) is 53.0 Å². The third-order valence-electron chi connectivity index (χ3n) is 3.49. The quantitative estimate of drug-likeness (QED) is 0.709. The van der Waals surface area contributed by atoms with Crippen molar-refractivity contribution in [2.24, 2.45) is 0 Å². The molecule has 0 radical (unpaired) electrons. The van der Waals surface area contributed by atoms with Gasteiger partial charge in [-0.05, 0) is 43.7 Å². The number of amides is 1. The van der Waals surface area contributed by atoms with Crippen molar-refractivity contribution in [2.45, 2.75) is 19.9 Å². The lowest BCUT2D eigenvalue weighted by Crippen LogP contribution is -2.31. The van der Waals surface area contributed by atoms with Gasteiger partial charge in [-0.2, -0.15) is 0 Å². The zero-order valence-electron chi connectivity index (χ0n) is 14.1. The van der Waals surface area contributed by atoms with E-state index in [4.69, 9.17) is 9.47 Å². The number of carbonyl (C=O) groups is 2. The van der Waals surface area contributed by atoms with Crippen LogP contribution in [0.3, 0.4) is 0 Å². The second kappa shape index (κ2) is 9.22. The van der Waals surface area contributed by atoms with Crippen LogP contribution in [-0.4, -0.2) is 25.1 Å². The van der Waals surface area contributed by atoms with Crippen LogP contribution in [0.5, 0.6) is 5.75 Å². The van der Waals surface area contributed by atoms with Gasteiger partial charge in [-0.1, -0.05) is 40.2 Å². The standard InChI is InChI=1S/C19H20BrNO4/c1-3-24-17-7-5-4-6-16(17)19(23)25-12-18(22)21-13(2)14-8-10-15(20)11-9-14/h4-11,13H,3,12H2,1-2H3,(H,21,22)/t13-/m1/s1. The van der Waals surface area contributed by atoms with Crippen molar-refractivity contribution in [2.75, 3.05) is 13.2 Å². The molecule has 2 aromatic carbocycles. The van der Waals surface area contributed by atoms with E-state index in [2.05, 4.69) is 21.2 Å². The summed E-state index contributed by atoms with van der Waals surface area (Å²) in [5.41, 5.74) is 1.27. The third-order valence-corrected chi connectivity index (χ3v) is 4.02. The smallest absolute Gasteiger partial charge is 0.342 e. The molecule has 5 nitrogen and oxygen atoms in total. The lowest BCUT2D eigenvalue weighted by atomic mass is 10.1. The van der Waals surface area contributed by atoms with Gasteiger partial charge in [0.05, 0.1) is 12.6 Å². The molecule has 0 aliphatic heterocycles. The van der Waals surface area contributed by atoms with E-state index < -0.39 is 5.97 Å². The number of halogens is 1. The maximum absolute atomic E-state index is 12.2. The largest absolute Gasteiger partial charge is 0.493 e. The van der Waals surface area contributed by atoms with Crippen LogP contribution in [0.1, 0.15) is 35.8 Å². The van der Waals surface area contributed by atoms with Crippen molar-refractivity contribution in [1.29, 1.82) is 0 Å². The minimum absolute atomic E-state index is 0.185. The van der Waals surface area contributed by atoms with Crippen molar-refractivity contribution < 1.29 is 19.1 Å². The Kier molecular flexibility index (Phi) is 7.01. The molecule has 0 fully saturated rings. The first-order chi connectivity index (χ1) is 12.0. The molecule has 0 saturated carbocycles. The van der Waals surface area contributed by atoms with Crippen LogP contribution in [-0.2, 0) is 9.53 Å². The zero-order chi connectivity index (χ0) is 18.2. The highest BCUT2D eigenvalue weighted by Crippen LogP contribution is 2.19. The summed E-state index contributed by atoms with van der Waals surface area (Å²) in [5, 5.41) is 2.80. The number of hydrogen-bond donors (Lipinski definition) is 1. The highest BCUT2D eigenvalue weighted by Gasteiger charge is 2.16. The van der Waals surface area contributed by atoms with Gasteiger partial charge in [-0.25, -0.2) is 4.79 Å². The van der Waals surface area contributed by atoms with Gasteiger partial charge in [-0.3, -0.25) is 4.79 Å². The Bertz CT molecular complexity index is 730. The van der Waals surface area contributed by atoms with Crippen LogP contribution in [0.2, 0.25) is 0 Å². The second-order valence-electron chi connectivity index (χ2n) is 5.35. The molecule has 0 aliphatic carbocycles. The molecule has 6 heteroatoms. The van der Waals surface area contributed by atoms with Gasteiger partial charge < -0.3 is 14.8 Å². The predicted molar refractivity (Wildman–Crippen MR) is 98.6 cm³/mol. The van der Waals surface area contributed by atoms with Crippen LogP contribution in [0.25, 0.3) is 0 Å². The molecule has 0 saturated heterocycles. The van der Waals surface area contributed by atoms with Crippen LogP contribution < -0.4 is 10.1 Å². The first kappa shape index (κ1) is 19.0. The van der Waals surface area contributed by atoms with Crippen molar-refractivity contribution in [3.63, 3.8) is 0 Å². The van der Waals surface area contributed by atoms with E-state index in [1.165, 1.54) is 0 Å². The summed E-state index contributed by atoms with van der Waals surface area (Å²) < 4.78 is 11.5. The molecule has 2 rings (SSSR count). The van der Waals surface area contributed by atoms with E-state index in [1.807, 2.05) is 38.1 Å². The molecular weight excluding hydrogens is 386 g/mol. The molecule has 1 amide bonds. The van der Waals surface area contributed by atoms with E-state index in [0.717, 1.165) is 10.0 Å². The van der Waals surface area contributed by atoms with Gasteiger partial charge in [0, 0.05) is 4.47 Å². The van der Waals surface area contributed by atoms with Crippen molar-refractivity contribution in [3.8, 4) is 5.75 Å². The summed E-state index contributed by atoms with van der Waals surface area (Å²) in [5.74, 6) is -0.508. The second-order valence-corrected chi connectivity index (χ2v) is 6.26. The van der Waals surface area contributed by atoms with E-state index in [-0.39, 0.29) is 18.6 Å². The zero-order valence-corrected chi connectivity index (χ0v) is 15.7. The third kappa shape index (κ3) is 5.60. The molecule has 0 heterocycles. The first-order valence-corrected chi connectivity index (χ1v) is 8.74. The van der Waals surface area contributed by atoms with Gasteiger partial charge in [0.2, 0.25) is 0 Å². The molecule has 1 atom stereocenters. The Morgan fingerprint density at radius 3 is 2.48 bits per heavy atom.